The zero-order valence-electron chi connectivity index (χ0n) is 15.0. The van der Waals surface area contributed by atoms with Crippen LogP contribution >= 0.6 is 11.3 Å². The van der Waals surface area contributed by atoms with Crippen LogP contribution in [0.1, 0.15) is 51.0 Å². The maximum absolute atomic E-state index is 12.9. The van der Waals surface area contributed by atoms with E-state index in [0.717, 1.165) is 19.1 Å². The molecule has 1 heterocycles. The van der Waals surface area contributed by atoms with Crippen molar-refractivity contribution in [3.8, 4) is 0 Å². The van der Waals surface area contributed by atoms with E-state index in [2.05, 4.69) is 10.3 Å². The molecule has 0 aliphatic heterocycles. The molecule has 2 aromatic rings. The minimum atomic E-state index is -3.50. The SMILES string of the molecule is C.CS(=O)(=O)c1ccc(C(CC2CCCC2)C(=O)Nc2nccs2)cc1NO. The van der Waals surface area contributed by atoms with E-state index in [1.807, 2.05) is 5.48 Å². The third kappa shape index (κ3) is 5.30. The van der Waals surface area contributed by atoms with E-state index in [1.54, 1.807) is 17.6 Å². The zero-order chi connectivity index (χ0) is 19.4. The second kappa shape index (κ2) is 9.49. The summed E-state index contributed by atoms with van der Waals surface area (Å²) in [5.74, 6) is -0.164. The maximum Gasteiger partial charge on any atom is 0.233 e. The summed E-state index contributed by atoms with van der Waals surface area (Å²) in [5, 5.41) is 14.6. The van der Waals surface area contributed by atoms with Crippen LogP contribution in [0.2, 0.25) is 0 Å². The first-order chi connectivity index (χ1) is 12.9. The minimum absolute atomic E-state index is 0. The Hall–Kier alpha value is -1.97. The van der Waals surface area contributed by atoms with Gasteiger partial charge < -0.3 is 5.32 Å². The molecule has 1 aliphatic rings. The first-order valence-electron chi connectivity index (χ1n) is 8.83. The summed E-state index contributed by atoms with van der Waals surface area (Å²) >= 11 is 1.35. The van der Waals surface area contributed by atoms with Crippen LogP contribution in [-0.2, 0) is 14.6 Å². The summed E-state index contributed by atoms with van der Waals surface area (Å²) in [6.07, 6.45) is 7.90. The normalized spacial score (nSPS) is 15.6. The van der Waals surface area contributed by atoms with E-state index in [4.69, 9.17) is 0 Å². The number of aromatic nitrogens is 1. The Bertz CT molecular complexity index is 892. The van der Waals surface area contributed by atoms with Crippen molar-refractivity contribution in [2.24, 2.45) is 5.92 Å². The molecule has 0 bridgehead atoms. The second-order valence-corrected chi connectivity index (χ2v) is 9.78. The molecule has 7 nitrogen and oxygen atoms in total. The number of anilines is 2. The van der Waals surface area contributed by atoms with Gasteiger partial charge in [0.25, 0.3) is 0 Å². The lowest BCUT2D eigenvalue weighted by Crippen LogP contribution is -2.23. The molecule has 0 spiro atoms. The van der Waals surface area contributed by atoms with Gasteiger partial charge in [0.2, 0.25) is 5.91 Å². The first kappa shape index (κ1) is 22.3. The number of carbonyl (C=O) groups is 1. The van der Waals surface area contributed by atoms with Crippen molar-refractivity contribution in [2.45, 2.75) is 50.3 Å². The third-order valence-corrected chi connectivity index (χ3v) is 6.79. The molecule has 3 rings (SSSR count). The molecule has 0 radical (unpaired) electrons. The molecule has 154 valence electrons. The predicted molar refractivity (Wildman–Crippen MR) is 112 cm³/mol. The number of rotatable bonds is 7. The van der Waals surface area contributed by atoms with Gasteiger partial charge in [0.05, 0.1) is 16.5 Å². The van der Waals surface area contributed by atoms with Crippen molar-refractivity contribution in [2.75, 3.05) is 17.1 Å². The van der Waals surface area contributed by atoms with E-state index in [-0.39, 0.29) is 23.9 Å². The van der Waals surface area contributed by atoms with Crippen molar-refractivity contribution >= 4 is 37.9 Å². The smallest absolute Gasteiger partial charge is 0.233 e. The number of carbonyl (C=O) groups excluding carboxylic acids is 1. The van der Waals surface area contributed by atoms with Gasteiger partial charge in [-0.05, 0) is 30.0 Å². The average molecular weight is 426 g/mol. The number of thiazole rings is 1. The summed E-state index contributed by atoms with van der Waals surface area (Å²) in [5.41, 5.74) is 2.70. The fourth-order valence-electron chi connectivity index (χ4n) is 3.63. The van der Waals surface area contributed by atoms with Crippen LogP contribution in [0.4, 0.5) is 10.8 Å². The van der Waals surface area contributed by atoms with Gasteiger partial charge in [-0.1, -0.05) is 39.2 Å². The van der Waals surface area contributed by atoms with Gasteiger partial charge >= 0.3 is 0 Å². The van der Waals surface area contributed by atoms with E-state index in [1.165, 1.54) is 36.3 Å². The highest BCUT2D eigenvalue weighted by molar-refractivity contribution is 7.90. The van der Waals surface area contributed by atoms with Crippen LogP contribution in [0.15, 0.2) is 34.7 Å². The molecule has 28 heavy (non-hydrogen) atoms. The molecular weight excluding hydrogens is 398 g/mol. The van der Waals surface area contributed by atoms with Crippen molar-refractivity contribution in [1.82, 2.24) is 4.98 Å². The molecular formula is C19H27N3O4S2. The van der Waals surface area contributed by atoms with Gasteiger partial charge in [0.1, 0.15) is 0 Å². The lowest BCUT2D eigenvalue weighted by Gasteiger charge is -2.21. The van der Waals surface area contributed by atoms with E-state index in [9.17, 15) is 18.4 Å². The molecule has 9 heteroatoms. The van der Waals surface area contributed by atoms with E-state index >= 15 is 0 Å². The Balaban J connectivity index is 0.00000280. The second-order valence-electron chi connectivity index (χ2n) is 6.90. The van der Waals surface area contributed by atoms with Crippen molar-refractivity contribution < 1.29 is 18.4 Å². The van der Waals surface area contributed by atoms with Gasteiger partial charge in [-0.15, -0.1) is 11.3 Å². The molecule has 1 aliphatic carbocycles. The van der Waals surface area contributed by atoms with Crippen molar-refractivity contribution in [3.63, 3.8) is 0 Å². The van der Waals surface area contributed by atoms with Gasteiger partial charge in [-0.25, -0.2) is 13.4 Å². The van der Waals surface area contributed by atoms with Gasteiger partial charge in [-0.3, -0.25) is 15.5 Å². The van der Waals surface area contributed by atoms with Gasteiger partial charge in [0, 0.05) is 17.8 Å². The van der Waals surface area contributed by atoms with Gasteiger partial charge in [0.15, 0.2) is 15.0 Å². The lowest BCUT2D eigenvalue weighted by molar-refractivity contribution is -0.118. The fraction of sp³-hybridized carbons (Fsp3) is 0.474. The minimum Gasteiger partial charge on any atom is -0.301 e. The predicted octanol–water partition coefficient (Wildman–Crippen LogP) is 4.29. The fourth-order valence-corrected chi connectivity index (χ4v) is 4.98. The molecule has 3 N–H and O–H groups in total. The van der Waals surface area contributed by atoms with Crippen LogP contribution in [0.25, 0.3) is 0 Å². The summed E-state index contributed by atoms with van der Waals surface area (Å²) < 4.78 is 23.8. The Kier molecular flexibility index (Phi) is 7.56. The van der Waals surface area contributed by atoms with Crippen molar-refractivity contribution in [3.05, 3.63) is 35.3 Å². The molecule has 1 saturated carbocycles. The molecule has 1 amide bonds. The van der Waals surface area contributed by atoms with Crippen LogP contribution in [-0.4, -0.2) is 30.8 Å². The Morgan fingerprint density at radius 1 is 1.36 bits per heavy atom. The first-order valence-corrected chi connectivity index (χ1v) is 11.6. The molecule has 1 aromatic heterocycles. The molecule has 1 atom stereocenters. The summed E-state index contributed by atoms with van der Waals surface area (Å²) in [7, 11) is -3.50. The number of hydrogen-bond donors (Lipinski definition) is 3. The summed E-state index contributed by atoms with van der Waals surface area (Å²) in [6.45, 7) is 0. The number of amides is 1. The standard InChI is InChI=1S/C18H23N3O4S2.CH4/c1-27(24,25)16-7-6-13(11-15(16)21-23)14(10-12-4-2-3-5-12)17(22)20-18-19-8-9-26-18;/h6-9,11-12,14,21,23H,2-5,10H2,1H3,(H,19,20,22);1H4. The Labute approximate surface area is 170 Å². The number of nitrogens with one attached hydrogen (secondary N) is 2. The largest absolute Gasteiger partial charge is 0.301 e. The number of hydrogen-bond acceptors (Lipinski definition) is 7. The topological polar surface area (TPSA) is 108 Å². The highest BCUT2D eigenvalue weighted by Crippen LogP contribution is 2.36. The molecule has 1 aromatic carbocycles. The number of sulfone groups is 1. The third-order valence-electron chi connectivity index (χ3n) is 4.95. The number of nitrogens with zero attached hydrogens (tertiary/aromatic N) is 1. The highest BCUT2D eigenvalue weighted by atomic mass is 32.2. The van der Waals surface area contributed by atoms with Crippen LogP contribution in [0.5, 0.6) is 0 Å². The lowest BCUT2D eigenvalue weighted by atomic mass is 9.87. The Morgan fingerprint density at radius 2 is 2.07 bits per heavy atom. The van der Waals surface area contributed by atoms with E-state index < -0.39 is 15.8 Å². The van der Waals surface area contributed by atoms with Crippen molar-refractivity contribution in [1.29, 1.82) is 0 Å². The average Bonchev–Trinajstić information content (AvgIpc) is 3.32. The van der Waals surface area contributed by atoms with Crippen LogP contribution < -0.4 is 10.8 Å². The zero-order valence-corrected chi connectivity index (χ0v) is 16.6. The molecule has 1 fully saturated rings. The van der Waals surface area contributed by atoms with E-state index in [0.29, 0.717) is 23.0 Å². The summed E-state index contributed by atoms with van der Waals surface area (Å²) in [4.78, 5) is 17.0. The monoisotopic (exact) mass is 425 g/mol. The summed E-state index contributed by atoms with van der Waals surface area (Å²) in [6, 6.07) is 4.62. The van der Waals surface area contributed by atoms with Crippen LogP contribution in [0, 0.1) is 5.92 Å². The maximum atomic E-state index is 12.9. The van der Waals surface area contributed by atoms with Crippen LogP contribution in [0.3, 0.4) is 0 Å². The molecule has 0 saturated heterocycles. The highest BCUT2D eigenvalue weighted by Gasteiger charge is 2.28. The molecule has 1 unspecified atom stereocenters. The Morgan fingerprint density at radius 3 is 2.64 bits per heavy atom. The van der Waals surface area contributed by atoms with Gasteiger partial charge in [-0.2, -0.15) is 0 Å². The number of benzene rings is 1. The quantitative estimate of drug-likeness (QED) is 0.571.